The van der Waals surface area contributed by atoms with Gasteiger partial charge in [-0.25, -0.2) is 9.59 Å². The van der Waals surface area contributed by atoms with E-state index < -0.39 is 20.3 Å². The molecular formula is C31H54O4Si. The minimum Gasteiger partial charge on any atom is -0.516 e. The average Bonchev–Trinajstić information content (AvgIpc) is 2.82. The van der Waals surface area contributed by atoms with Gasteiger partial charge in [-0.2, -0.15) is 0 Å². The molecule has 1 aromatic rings. The average molecular weight is 519 g/mol. The van der Waals surface area contributed by atoms with Gasteiger partial charge in [-0.3, -0.25) is 0 Å². The minimum atomic E-state index is -2.28. The fourth-order valence-electron chi connectivity index (χ4n) is 3.99. The Balaban J connectivity index is 2.19. The first-order valence-electron chi connectivity index (χ1n) is 14.6. The molecule has 0 atom stereocenters. The van der Waals surface area contributed by atoms with Crippen molar-refractivity contribution in [1.29, 1.82) is 0 Å². The summed E-state index contributed by atoms with van der Waals surface area (Å²) < 4.78 is 11.4. The quantitative estimate of drug-likeness (QED) is 0.104. The molecule has 0 spiro atoms. The van der Waals surface area contributed by atoms with Crippen LogP contribution >= 0.6 is 0 Å². The van der Waals surface area contributed by atoms with Crippen LogP contribution < -0.4 is 0 Å². The third-order valence-corrected chi connectivity index (χ3v) is 11.8. The van der Waals surface area contributed by atoms with Crippen LogP contribution in [-0.4, -0.2) is 26.9 Å². The highest BCUT2D eigenvalue weighted by atomic mass is 28.4. The van der Waals surface area contributed by atoms with Gasteiger partial charge in [0.2, 0.25) is 0 Å². The number of carbonyl (C=O) groups is 2. The molecule has 0 aliphatic carbocycles. The zero-order valence-corrected chi connectivity index (χ0v) is 25.3. The molecule has 0 saturated carbocycles. The lowest BCUT2D eigenvalue weighted by Crippen LogP contribution is -2.42. The summed E-state index contributed by atoms with van der Waals surface area (Å²) in [7, 11) is -2.28. The van der Waals surface area contributed by atoms with Crippen LogP contribution in [0.25, 0.3) is 0 Å². The largest absolute Gasteiger partial charge is 0.516 e. The monoisotopic (exact) mass is 518 g/mol. The Morgan fingerprint density at radius 1 is 0.667 bits per heavy atom. The van der Waals surface area contributed by atoms with Gasteiger partial charge in [-0.05, 0) is 36.7 Å². The number of unbranched alkanes of at least 4 members (excludes halogenated alkanes) is 14. The number of carbonyl (C=O) groups excluding carboxylic acids is 2. The lowest BCUT2D eigenvalue weighted by molar-refractivity contribution is 0.0488. The highest BCUT2D eigenvalue weighted by Gasteiger charge is 2.41. The number of hydrogen-bond donors (Lipinski definition) is 0. The van der Waals surface area contributed by atoms with Gasteiger partial charge in [0.25, 0.3) is 8.32 Å². The number of hydrogen-bond acceptors (Lipinski definition) is 4. The topological polar surface area (TPSA) is 52.6 Å². The summed E-state index contributed by atoms with van der Waals surface area (Å²) in [6.45, 7) is 13.0. The predicted molar refractivity (Wildman–Crippen MR) is 154 cm³/mol. The molecular weight excluding hydrogens is 464 g/mol. The normalized spacial score (nSPS) is 11.9. The molecule has 206 valence electrons. The van der Waals surface area contributed by atoms with Gasteiger partial charge in [-0.1, -0.05) is 130 Å². The van der Waals surface area contributed by atoms with E-state index in [1.54, 1.807) is 24.3 Å². The first-order valence-corrected chi connectivity index (χ1v) is 17.5. The maximum absolute atomic E-state index is 12.9. The lowest BCUT2D eigenvalue weighted by atomic mass is 10.0. The van der Waals surface area contributed by atoms with Crippen molar-refractivity contribution in [3.63, 3.8) is 0 Å². The van der Waals surface area contributed by atoms with E-state index in [9.17, 15) is 9.59 Å². The van der Waals surface area contributed by atoms with Crippen LogP contribution in [0.2, 0.25) is 18.1 Å². The summed E-state index contributed by atoms with van der Waals surface area (Å²) in [5.74, 6) is -0.871. The summed E-state index contributed by atoms with van der Waals surface area (Å²) >= 11 is 0. The fraction of sp³-hybridized carbons (Fsp3) is 0.742. The van der Waals surface area contributed by atoms with Gasteiger partial charge in [0, 0.05) is 0 Å². The molecule has 0 aromatic heterocycles. The van der Waals surface area contributed by atoms with Crippen molar-refractivity contribution in [3.8, 4) is 0 Å². The molecule has 5 heteroatoms. The third kappa shape index (κ3) is 13.1. The zero-order chi connectivity index (χ0) is 26.9. The SMILES string of the molecule is CCCCCCCCCCCCCCCCCOC(=O)c1ccccc1C(=O)O[Si](C)(C)C(C)(C)C. The van der Waals surface area contributed by atoms with Gasteiger partial charge in [-0.15, -0.1) is 0 Å². The van der Waals surface area contributed by atoms with Crippen molar-refractivity contribution in [2.24, 2.45) is 0 Å². The maximum atomic E-state index is 12.9. The van der Waals surface area contributed by atoms with Crippen molar-refractivity contribution in [2.75, 3.05) is 6.61 Å². The van der Waals surface area contributed by atoms with Gasteiger partial charge < -0.3 is 9.16 Å². The molecule has 0 bridgehead atoms. The first kappa shape index (κ1) is 32.4. The van der Waals surface area contributed by atoms with Crippen LogP contribution in [0.5, 0.6) is 0 Å². The van der Waals surface area contributed by atoms with Crippen LogP contribution in [0.15, 0.2) is 24.3 Å². The molecule has 0 heterocycles. The van der Waals surface area contributed by atoms with E-state index in [-0.39, 0.29) is 5.04 Å². The zero-order valence-electron chi connectivity index (χ0n) is 24.3. The van der Waals surface area contributed by atoms with Crippen molar-refractivity contribution in [3.05, 3.63) is 35.4 Å². The Bertz CT molecular complexity index is 751. The third-order valence-electron chi connectivity index (χ3n) is 7.50. The predicted octanol–water partition coefficient (Wildman–Crippen LogP) is 9.88. The van der Waals surface area contributed by atoms with Gasteiger partial charge in [0.05, 0.1) is 17.7 Å². The van der Waals surface area contributed by atoms with Crippen LogP contribution in [-0.2, 0) is 9.16 Å². The second-order valence-electron chi connectivity index (χ2n) is 11.8. The van der Waals surface area contributed by atoms with E-state index in [1.165, 1.54) is 83.5 Å². The van der Waals surface area contributed by atoms with E-state index in [0.717, 1.165) is 12.8 Å². The second kappa shape index (κ2) is 17.8. The Labute approximate surface area is 223 Å². The molecule has 4 nitrogen and oxygen atoms in total. The molecule has 36 heavy (non-hydrogen) atoms. The molecule has 0 fully saturated rings. The second-order valence-corrected chi connectivity index (χ2v) is 16.5. The van der Waals surface area contributed by atoms with Crippen molar-refractivity contribution in [1.82, 2.24) is 0 Å². The van der Waals surface area contributed by atoms with E-state index >= 15 is 0 Å². The molecule has 1 rings (SSSR count). The van der Waals surface area contributed by atoms with Gasteiger partial charge in [0.1, 0.15) is 0 Å². The summed E-state index contributed by atoms with van der Waals surface area (Å²) in [6, 6.07) is 6.82. The summed E-state index contributed by atoms with van der Waals surface area (Å²) in [5.41, 5.74) is 0.589. The van der Waals surface area contributed by atoms with Crippen molar-refractivity contribution in [2.45, 2.75) is 142 Å². The standard InChI is InChI=1S/C31H54O4Si/c1-7-8-9-10-11-12-13-14-15-16-17-18-19-20-23-26-34-29(32)27-24-21-22-25-28(27)30(33)35-36(5,6)31(2,3)4/h21-22,24-25H,7-20,23,26H2,1-6H3. The lowest BCUT2D eigenvalue weighted by Gasteiger charge is -2.35. The van der Waals surface area contributed by atoms with Crippen LogP contribution in [0.3, 0.4) is 0 Å². The number of rotatable bonds is 19. The van der Waals surface area contributed by atoms with Crippen LogP contribution in [0.1, 0.15) is 145 Å². The molecule has 0 unspecified atom stereocenters. The van der Waals surface area contributed by atoms with E-state index in [4.69, 9.17) is 9.16 Å². The molecule has 0 aliphatic rings. The summed E-state index contributed by atoms with van der Waals surface area (Å²) in [4.78, 5) is 25.5. The summed E-state index contributed by atoms with van der Waals surface area (Å²) in [6.07, 6.45) is 19.5. The first-order chi connectivity index (χ1) is 17.1. The Kier molecular flexibility index (Phi) is 16.0. The minimum absolute atomic E-state index is 0.0916. The van der Waals surface area contributed by atoms with Gasteiger partial charge >= 0.3 is 11.9 Å². The summed E-state index contributed by atoms with van der Waals surface area (Å²) in [5, 5.41) is -0.0916. The fourth-order valence-corrected chi connectivity index (χ4v) is 4.87. The van der Waals surface area contributed by atoms with Crippen molar-refractivity contribution < 1.29 is 18.8 Å². The smallest absolute Gasteiger partial charge is 0.339 e. The highest BCUT2D eigenvalue weighted by molar-refractivity contribution is 6.75. The molecule has 0 N–H and O–H groups in total. The van der Waals surface area contributed by atoms with Gasteiger partial charge in [0.15, 0.2) is 0 Å². The van der Waals surface area contributed by atoms with Crippen LogP contribution in [0, 0.1) is 0 Å². The number of esters is 1. The molecule has 0 saturated heterocycles. The Hall–Kier alpha value is -1.62. The number of ether oxygens (including phenoxy) is 1. The number of benzene rings is 1. The molecule has 1 aromatic carbocycles. The Morgan fingerprint density at radius 3 is 1.47 bits per heavy atom. The van der Waals surface area contributed by atoms with E-state index in [1.807, 2.05) is 13.1 Å². The maximum Gasteiger partial charge on any atom is 0.339 e. The van der Waals surface area contributed by atoms with E-state index in [2.05, 4.69) is 27.7 Å². The molecule has 0 radical (unpaired) electrons. The highest BCUT2D eigenvalue weighted by Crippen LogP contribution is 2.37. The van der Waals surface area contributed by atoms with Crippen molar-refractivity contribution >= 4 is 20.3 Å². The molecule has 0 amide bonds. The van der Waals surface area contributed by atoms with E-state index in [0.29, 0.717) is 17.7 Å². The molecule has 0 aliphatic heterocycles. The Morgan fingerprint density at radius 2 is 1.06 bits per heavy atom. The van der Waals surface area contributed by atoms with Crippen LogP contribution in [0.4, 0.5) is 0 Å².